The summed E-state index contributed by atoms with van der Waals surface area (Å²) in [6, 6.07) is 8.30. The molecule has 0 unspecified atom stereocenters. The molecule has 0 radical (unpaired) electrons. The van der Waals surface area contributed by atoms with E-state index in [1.165, 1.54) is 38.5 Å². The number of rotatable bonds is 7. The number of aromatic nitrogens is 4. The zero-order valence-electron chi connectivity index (χ0n) is 14.9. The lowest BCUT2D eigenvalue weighted by atomic mass is 10.1. The Kier molecular flexibility index (Phi) is 8.50. The van der Waals surface area contributed by atoms with E-state index in [1.54, 1.807) is 11.0 Å². The minimum absolute atomic E-state index is 0. The highest BCUT2D eigenvalue weighted by molar-refractivity contribution is 5.85. The molecule has 1 aromatic heterocycles. The monoisotopic (exact) mass is 378 g/mol. The van der Waals surface area contributed by atoms with Crippen LogP contribution in [0.4, 0.5) is 0 Å². The third-order valence-electron chi connectivity index (χ3n) is 4.65. The van der Waals surface area contributed by atoms with Crippen LogP contribution in [0.25, 0.3) is 5.69 Å². The van der Waals surface area contributed by atoms with Gasteiger partial charge in [0.25, 0.3) is 0 Å². The SMILES string of the molecule is Cl.O=C(Cc1ccc(-n2cnnn2)cc1)NCCNC1CCCCCC1. The average Bonchev–Trinajstić information content (AvgIpc) is 3.04. The van der Waals surface area contributed by atoms with Crippen molar-refractivity contribution >= 4 is 18.3 Å². The minimum atomic E-state index is 0. The maximum Gasteiger partial charge on any atom is 0.224 e. The summed E-state index contributed by atoms with van der Waals surface area (Å²) in [6.45, 7) is 1.52. The van der Waals surface area contributed by atoms with E-state index in [4.69, 9.17) is 0 Å². The van der Waals surface area contributed by atoms with Crippen molar-refractivity contribution < 1.29 is 4.79 Å². The van der Waals surface area contributed by atoms with Crippen LogP contribution in [0.5, 0.6) is 0 Å². The first-order valence-electron chi connectivity index (χ1n) is 9.13. The van der Waals surface area contributed by atoms with Crippen LogP contribution >= 0.6 is 12.4 Å². The molecule has 3 rings (SSSR count). The van der Waals surface area contributed by atoms with E-state index in [9.17, 15) is 4.79 Å². The van der Waals surface area contributed by atoms with Gasteiger partial charge in [-0.3, -0.25) is 4.79 Å². The number of nitrogens with zero attached hydrogens (tertiary/aromatic N) is 4. The second-order valence-electron chi connectivity index (χ2n) is 6.59. The summed E-state index contributed by atoms with van der Waals surface area (Å²) >= 11 is 0. The molecule has 7 nitrogen and oxygen atoms in total. The van der Waals surface area contributed by atoms with Crippen molar-refractivity contribution in [3.05, 3.63) is 36.2 Å². The molecule has 1 fully saturated rings. The zero-order valence-corrected chi connectivity index (χ0v) is 15.7. The first-order valence-corrected chi connectivity index (χ1v) is 9.13. The van der Waals surface area contributed by atoms with E-state index in [0.29, 0.717) is 19.0 Å². The number of halogens is 1. The third-order valence-corrected chi connectivity index (χ3v) is 4.65. The predicted octanol–water partition coefficient (Wildman–Crippen LogP) is 2.06. The molecule has 0 bridgehead atoms. The number of hydrogen-bond donors (Lipinski definition) is 2. The Hall–Kier alpha value is -1.99. The van der Waals surface area contributed by atoms with Crippen molar-refractivity contribution in [1.82, 2.24) is 30.8 Å². The molecule has 1 saturated carbocycles. The Labute approximate surface area is 160 Å². The van der Waals surface area contributed by atoms with Crippen LogP contribution in [-0.4, -0.2) is 45.2 Å². The number of carbonyl (C=O) groups is 1. The van der Waals surface area contributed by atoms with Crippen molar-refractivity contribution in [2.75, 3.05) is 13.1 Å². The van der Waals surface area contributed by atoms with Crippen LogP contribution in [0.15, 0.2) is 30.6 Å². The van der Waals surface area contributed by atoms with Gasteiger partial charge in [-0.25, -0.2) is 4.68 Å². The van der Waals surface area contributed by atoms with E-state index in [1.807, 2.05) is 24.3 Å². The second kappa shape index (κ2) is 10.9. The van der Waals surface area contributed by atoms with Gasteiger partial charge in [0.15, 0.2) is 0 Å². The van der Waals surface area contributed by atoms with Crippen molar-refractivity contribution in [3.8, 4) is 5.69 Å². The van der Waals surface area contributed by atoms with E-state index in [2.05, 4.69) is 26.2 Å². The second-order valence-corrected chi connectivity index (χ2v) is 6.59. The molecule has 1 aliphatic rings. The molecule has 1 aliphatic carbocycles. The van der Waals surface area contributed by atoms with Gasteiger partial charge in [-0.05, 0) is 41.0 Å². The number of amides is 1. The number of nitrogens with one attached hydrogen (secondary N) is 2. The minimum Gasteiger partial charge on any atom is -0.355 e. The van der Waals surface area contributed by atoms with E-state index in [0.717, 1.165) is 17.8 Å². The van der Waals surface area contributed by atoms with E-state index in [-0.39, 0.29) is 18.3 Å². The maximum absolute atomic E-state index is 12.1. The molecule has 1 heterocycles. The van der Waals surface area contributed by atoms with Crippen molar-refractivity contribution in [2.45, 2.75) is 51.0 Å². The van der Waals surface area contributed by atoms with Gasteiger partial charge < -0.3 is 10.6 Å². The topological polar surface area (TPSA) is 84.7 Å². The van der Waals surface area contributed by atoms with Crippen LogP contribution < -0.4 is 10.6 Å². The summed E-state index contributed by atoms with van der Waals surface area (Å²) in [7, 11) is 0. The first kappa shape index (κ1) is 20.3. The van der Waals surface area contributed by atoms with Gasteiger partial charge in [0.1, 0.15) is 6.33 Å². The summed E-state index contributed by atoms with van der Waals surface area (Å²) in [4.78, 5) is 12.1. The summed E-state index contributed by atoms with van der Waals surface area (Å²) in [5.74, 6) is 0.0536. The molecular weight excluding hydrogens is 352 g/mol. The fourth-order valence-electron chi connectivity index (χ4n) is 3.26. The number of hydrogen-bond acceptors (Lipinski definition) is 5. The lowest BCUT2D eigenvalue weighted by Crippen LogP contribution is -2.37. The summed E-state index contributed by atoms with van der Waals surface area (Å²) in [6.07, 6.45) is 9.84. The predicted molar refractivity (Wildman–Crippen MR) is 103 cm³/mol. The Morgan fingerprint density at radius 1 is 1.08 bits per heavy atom. The van der Waals surface area contributed by atoms with Gasteiger partial charge >= 0.3 is 0 Å². The number of carbonyl (C=O) groups excluding carboxylic acids is 1. The van der Waals surface area contributed by atoms with Crippen molar-refractivity contribution in [1.29, 1.82) is 0 Å². The van der Waals surface area contributed by atoms with Gasteiger partial charge in [-0.15, -0.1) is 17.5 Å². The Balaban J connectivity index is 0.00000243. The van der Waals surface area contributed by atoms with Crippen molar-refractivity contribution in [2.24, 2.45) is 0 Å². The largest absolute Gasteiger partial charge is 0.355 e. The summed E-state index contributed by atoms with van der Waals surface area (Å²) in [5.41, 5.74) is 1.85. The van der Waals surface area contributed by atoms with Crippen molar-refractivity contribution in [3.63, 3.8) is 0 Å². The molecular formula is C18H27ClN6O. The normalized spacial score (nSPS) is 15.1. The summed E-state index contributed by atoms with van der Waals surface area (Å²) in [5, 5.41) is 17.6. The van der Waals surface area contributed by atoms with Crippen LogP contribution in [0.3, 0.4) is 0 Å². The maximum atomic E-state index is 12.1. The molecule has 2 aromatic rings. The molecule has 0 atom stereocenters. The molecule has 8 heteroatoms. The van der Waals surface area contributed by atoms with E-state index >= 15 is 0 Å². The molecule has 26 heavy (non-hydrogen) atoms. The molecule has 0 saturated heterocycles. The lowest BCUT2D eigenvalue weighted by Gasteiger charge is -2.16. The Bertz CT molecular complexity index is 638. The smallest absolute Gasteiger partial charge is 0.224 e. The molecule has 0 aliphatic heterocycles. The highest BCUT2D eigenvalue weighted by atomic mass is 35.5. The standard InChI is InChI=1S/C18H26N6O.ClH/c25-18(20-12-11-19-16-5-3-1-2-4-6-16)13-15-7-9-17(10-8-15)24-14-21-22-23-24;/h7-10,14,16,19H,1-6,11-13H2,(H,20,25);1H. The van der Waals surface area contributed by atoms with Gasteiger partial charge in [-0.1, -0.05) is 37.8 Å². The third kappa shape index (κ3) is 6.38. The van der Waals surface area contributed by atoms with E-state index < -0.39 is 0 Å². The fourth-order valence-corrected chi connectivity index (χ4v) is 3.26. The average molecular weight is 379 g/mol. The Morgan fingerprint density at radius 3 is 2.46 bits per heavy atom. The quantitative estimate of drug-likeness (QED) is 0.569. The molecule has 1 amide bonds. The first-order chi connectivity index (χ1) is 12.3. The molecule has 2 N–H and O–H groups in total. The molecule has 1 aromatic carbocycles. The van der Waals surface area contributed by atoms with Gasteiger partial charge in [0, 0.05) is 19.1 Å². The van der Waals surface area contributed by atoms with Gasteiger partial charge in [-0.2, -0.15) is 0 Å². The zero-order chi connectivity index (χ0) is 17.3. The highest BCUT2D eigenvalue weighted by Gasteiger charge is 2.11. The Morgan fingerprint density at radius 2 is 1.81 bits per heavy atom. The highest BCUT2D eigenvalue weighted by Crippen LogP contribution is 2.16. The molecule has 142 valence electrons. The summed E-state index contributed by atoms with van der Waals surface area (Å²) < 4.78 is 1.59. The van der Waals surface area contributed by atoms with Crippen LogP contribution in [0.2, 0.25) is 0 Å². The fraction of sp³-hybridized carbons (Fsp3) is 0.556. The van der Waals surface area contributed by atoms with Crippen LogP contribution in [-0.2, 0) is 11.2 Å². The van der Waals surface area contributed by atoms with Crippen LogP contribution in [0.1, 0.15) is 44.1 Å². The van der Waals surface area contributed by atoms with Crippen LogP contribution in [0, 0.1) is 0 Å². The number of benzene rings is 1. The molecule has 0 spiro atoms. The number of tetrazole rings is 1. The van der Waals surface area contributed by atoms with Gasteiger partial charge in [0.2, 0.25) is 5.91 Å². The lowest BCUT2D eigenvalue weighted by molar-refractivity contribution is -0.120. The van der Waals surface area contributed by atoms with Gasteiger partial charge in [0.05, 0.1) is 12.1 Å².